The summed E-state index contributed by atoms with van der Waals surface area (Å²) in [5.41, 5.74) is 1.23. The van der Waals surface area contributed by atoms with Crippen LogP contribution >= 0.6 is 24.0 Å². The number of hydrogen-bond acceptors (Lipinski definition) is 1. The van der Waals surface area contributed by atoms with Crippen molar-refractivity contribution in [2.45, 2.75) is 0 Å². The van der Waals surface area contributed by atoms with Crippen molar-refractivity contribution in [3.63, 3.8) is 0 Å². The first-order chi connectivity index (χ1) is 5.24. The van der Waals surface area contributed by atoms with Gasteiger partial charge in [0.25, 0.3) is 0 Å². The summed E-state index contributed by atoms with van der Waals surface area (Å²) in [4.78, 5) is 10.4. The summed E-state index contributed by atoms with van der Waals surface area (Å²) in [5.74, 6) is -0.902. The molecular weight excluding hydrogens is 267 g/mol. The summed E-state index contributed by atoms with van der Waals surface area (Å²) < 4.78 is 0. The molecule has 0 aromatic heterocycles. The van der Waals surface area contributed by atoms with Crippen LogP contribution in [0, 0.1) is 0 Å². The van der Waals surface area contributed by atoms with Crippen molar-refractivity contribution in [1.29, 1.82) is 0 Å². The van der Waals surface area contributed by atoms with E-state index in [1.54, 1.807) is 30.3 Å². The Labute approximate surface area is 87.9 Å². The van der Waals surface area contributed by atoms with Crippen molar-refractivity contribution >= 4 is 36.0 Å². The van der Waals surface area contributed by atoms with Crippen LogP contribution in [0.4, 0.5) is 0 Å². The van der Waals surface area contributed by atoms with Crippen LogP contribution in [0.1, 0.15) is 15.9 Å². The second-order valence-corrected chi connectivity index (χ2v) is 2.13. The van der Waals surface area contributed by atoms with Gasteiger partial charge in [0.05, 0.1) is 5.56 Å². The highest BCUT2D eigenvalue weighted by Gasteiger charge is 1.99. The Morgan fingerprint density at radius 3 is 2.17 bits per heavy atom. The van der Waals surface area contributed by atoms with E-state index in [1.165, 1.54) is 0 Å². The van der Waals surface area contributed by atoms with E-state index in [1.807, 2.05) is 0 Å². The second-order valence-electron chi connectivity index (χ2n) is 2.13. The summed E-state index contributed by atoms with van der Waals surface area (Å²) in [6.07, 6.45) is 1.67. The van der Waals surface area contributed by atoms with Gasteiger partial charge in [-0.2, -0.15) is 0 Å². The smallest absolute Gasteiger partial charge is 0.335 e. The van der Waals surface area contributed by atoms with Gasteiger partial charge in [-0.05, 0) is 17.7 Å². The Bertz CT molecular complexity index is 277. The van der Waals surface area contributed by atoms with Gasteiger partial charge in [0.2, 0.25) is 0 Å². The highest BCUT2D eigenvalue weighted by atomic mass is 127. The number of carboxylic acid groups (broad SMARTS) is 1. The van der Waals surface area contributed by atoms with E-state index < -0.39 is 5.97 Å². The topological polar surface area (TPSA) is 37.3 Å². The third kappa shape index (κ3) is 2.65. The van der Waals surface area contributed by atoms with Gasteiger partial charge in [-0.3, -0.25) is 0 Å². The molecule has 0 saturated carbocycles. The predicted octanol–water partition coefficient (Wildman–Crippen LogP) is 2.65. The zero-order chi connectivity index (χ0) is 8.27. The molecule has 1 aromatic carbocycles. The minimum atomic E-state index is -0.902. The summed E-state index contributed by atoms with van der Waals surface area (Å²) in [5, 5.41) is 8.52. The van der Waals surface area contributed by atoms with Gasteiger partial charge < -0.3 is 5.11 Å². The van der Waals surface area contributed by atoms with E-state index in [9.17, 15) is 4.79 Å². The fourth-order valence-electron chi connectivity index (χ4n) is 0.762. The molecule has 1 N–H and O–H groups in total. The Balaban J connectivity index is 0.00000121. The van der Waals surface area contributed by atoms with Gasteiger partial charge in [0.15, 0.2) is 0 Å². The van der Waals surface area contributed by atoms with Crippen molar-refractivity contribution < 1.29 is 9.90 Å². The van der Waals surface area contributed by atoms with Gasteiger partial charge in [-0.15, -0.1) is 24.0 Å². The van der Waals surface area contributed by atoms with Crippen molar-refractivity contribution in [1.82, 2.24) is 0 Å². The first kappa shape index (κ1) is 11.2. The number of benzene rings is 1. The molecule has 0 bridgehead atoms. The van der Waals surface area contributed by atoms with Crippen molar-refractivity contribution in [3.05, 3.63) is 42.0 Å². The molecule has 2 nitrogen and oxygen atoms in total. The molecule has 1 aromatic rings. The molecule has 0 aliphatic rings. The van der Waals surface area contributed by atoms with E-state index >= 15 is 0 Å². The Hall–Kier alpha value is -0.840. The maximum Gasteiger partial charge on any atom is 0.335 e. The lowest BCUT2D eigenvalue weighted by Crippen LogP contribution is -1.94. The fraction of sp³-hybridized carbons (Fsp3) is 0. The Morgan fingerprint density at radius 2 is 1.83 bits per heavy atom. The molecule has 0 heterocycles. The third-order valence-corrected chi connectivity index (χ3v) is 1.39. The van der Waals surface area contributed by atoms with Gasteiger partial charge in [-0.25, -0.2) is 4.79 Å². The molecule has 0 radical (unpaired) electrons. The first-order valence-corrected chi connectivity index (χ1v) is 3.20. The monoisotopic (exact) mass is 276 g/mol. The number of hydrogen-bond donors (Lipinski definition) is 1. The zero-order valence-electron chi connectivity index (χ0n) is 6.36. The molecule has 3 heteroatoms. The SMILES string of the molecule is C=Cc1ccc(C(=O)O)cc1.I. The number of aromatic carboxylic acids is 1. The van der Waals surface area contributed by atoms with E-state index in [0.29, 0.717) is 5.56 Å². The van der Waals surface area contributed by atoms with Crippen LogP contribution in [0.25, 0.3) is 6.08 Å². The standard InChI is InChI=1S/C9H8O2.HI/c1-2-7-3-5-8(6-4-7)9(10)11;/h2-6H,1H2,(H,10,11);1H. The minimum absolute atomic E-state index is 0. The highest BCUT2D eigenvalue weighted by Crippen LogP contribution is 2.04. The number of carboxylic acids is 1. The summed E-state index contributed by atoms with van der Waals surface area (Å²) in [7, 11) is 0. The highest BCUT2D eigenvalue weighted by molar-refractivity contribution is 14.0. The van der Waals surface area contributed by atoms with Crippen LogP contribution in [0.15, 0.2) is 30.8 Å². The Kier molecular flexibility index (Phi) is 4.58. The average molecular weight is 276 g/mol. The van der Waals surface area contributed by atoms with Gasteiger partial charge >= 0.3 is 5.97 Å². The van der Waals surface area contributed by atoms with Crippen LogP contribution in [0.5, 0.6) is 0 Å². The number of rotatable bonds is 2. The molecule has 12 heavy (non-hydrogen) atoms. The van der Waals surface area contributed by atoms with Crippen LogP contribution < -0.4 is 0 Å². The lowest BCUT2D eigenvalue weighted by atomic mass is 10.1. The summed E-state index contributed by atoms with van der Waals surface area (Å²) in [6.45, 7) is 3.56. The van der Waals surface area contributed by atoms with E-state index in [4.69, 9.17) is 5.11 Å². The van der Waals surface area contributed by atoms with Gasteiger partial charge in [-0.1, -0.05) is 24.8 Å². The van der Waals surface area contributed by atoms with Crippen molar-refractivity contribution in [3.8, 4) is 0 Å². The molecule has 0 saturated heterocycles. The van der Waals surface area contributed by atoms with E-state index in [0.717, 1.165) is 5.56 Å². The van der Waals surface area contributed by atoms with Crippen LogP contribution in [-0.4, -0.2) is 11.1 Å². The first-order valence-electron chi connectivity index (χ1n) is 3.20. The average Bonchev–Trinajstić information content (AvgIpc) is 2.05. The molecule has 0 amide bonds. The second kappa shape index (κ2) is 4.92. The largest absolute Gasteiger partial charge is 0.478 e. The third-order valence-electron chi connectivity index (χ3n) is 1.39. The molecule has 0 spiro atoms. The molecule has 64 valence electrons. The summed E-state index contributed by atoms with van der Waals surface area (Å²) >= 11 is 0. The number of carbonyl (C=O) groups is 1. The zero-order valence-corrected chi connectivity index (χ0v) is 8.69. The normalized spacial score (nSPS) is 8.33. The van der Waals surface area contributed by atoms with E-state index in [-0.39, 0.29) is 24.0 Å². The quantitative estimate of drug-likeness (QED) is 0.843. The lowest BCUT2D eigenvalue weighted by molar-refractivity contribution is 0.0697. The molecule has 0 aliphatic heterocycles. The van der Waals surface area contributed by atoms with Crippen molar-refractivity contribution in [2.24, 2.45) is 0 Å². The molecule has 0 fully saturated rings. The molecule has 0 aliphatic carbocycles. The van der Waals surface area contributed by atoms with Crippen LogP contribution in [0.2, 0.25) is 0 Å². The van der Waals surface area contributed by atoms with Gasteiger partial charge in [0, 0.05) is 0 Å². The Morgan fingerprint density at radius 1 is 1.33 bits per heavy atom. The maximum absolute atomic E-state index is 10.4. The summed E-state index contributed by atoms with van der Waals surface area (Å²) in [6, 6.07) is 6.55. The van der Waals surface area contributed by atoms with E-state index in [2.05, 4.69) is 6.58 Å². The molecule has 0 atom stereocenters. The minimum Gasteiger partial charge on any atom is -0.478 e. The molecule has 0 unspecified atom stereocenters. The predicted molar refractivity (Wildman–Crippen MR) is 58.9 cm³/mol. The van der Waals surface area contributed by atoms with Gasteiger partial charge in [0.1, 0.15) is 0 Å². The van der Waals surface area contributed by atoms with Crippen LogP contribution in [-0.2, 0) is 0 Å². The molecule has 1 rings (SSSR count). The lowest BCUT2D eigenvalue weighted by Gasteiger charge is -1.93. The molecular formula is C9H9IO2. The van der Waals surface area contributed by atoms with Crippen molar-refractivity contribution in [2.75, 3.05) is 0 Å². The fourth-order valence-corrected chi connectivity index (χ4v) is 0.762. The number of halogens is 1. The maximum atomic E-state index is 10.4. The van der Waals surface area contributed by atoms with Crippen LogP contribution in [0.3, 0.4) is 0 Å².